The van der Waals surface area contributed by atoms with E-state index in [4.69, 9.17) is 22.1 Å². The SMILES string of the molecule is COc1c(C)cnc(Cn2cc([C@H](O)CO)c3c(Cl)nc(N)nc32)c1C. The van der Waals surface area contributed by atoms with Crippen LogP contribution in [0.5, 0.6) is 5.75 Å². The lowest BCUT2D eigenvalue weighted by Gasteiger charge is -2.13. The molecule has 3 aromatic heterocycles. The topological polar surface area (TPSA) is 119 Å². The van der Waals surface area contributed by atoms with E-state index in [9.17, 15) is 10.2 Å². The third-order valence-electron chi connectivity index (χ3n) is 4.32. The van der Waals surface area contributed by atoms with Crippen LogP contribution < -0.4 is 10.5 Å². The fourth-order valence-corrected chi connectivity index (χ4v) is 3.33. The number of halogens is 1. The van der Waals surface area contributed by atoms with E-state index < -0.39 is 12.7 Å². The first-order valence-electron chi connectivity index (χ1n) is 7.97. The number of nitrogen functional groups attached to an aromatic ring is 1. The molecule has 0 aromatic carbocycles. The van der Waals surface area contributed by atoms with E-state index in [0.29, 0.717) is 23.1 Å². The van der Waals surface area contributed by atoms with Gasteiger partial charge in [0.2, 0.25) is 5.95 Å². The van der Waals surface area contributed by atoms with Gasteiger partial charge in [-0.15, -0.1) is 0 Å². The molecule has 0 aliphatic heterocycles. The molecule has 0 aliphatic carbocycles. The number of aliphatic hydroxyl groups excluding tert-OH is 2. The van der Waals surface area contributed by atoms with Crippen molar-refractivity contribution in [3.05, 3.63) is 39.9 Å². The molecule has 0 aliphatic rings. The molecule has 3 aromatic rings. The second-order valence-electron chi connectivity index (χ2n) is 6.03. The molecule has 0 saturated carbocycles. The molecular weight excluding hydrogens is 358 g/mol. The van der Waals surface area contributed by atoms with E-state index in [1.54, 1.807) is 24.1 Å². The normalized spacial score (nSPS) is 12.5. The van der Waals surface area contributed by atoms with E-state index >= 15 is 0 Å². The molecular formula is C17H20ClN5O3. The average Bonchev–Trinajstić information content (AvgIpc) is 2.96. The summed E-state index contributed by atoms with van der Waals surface area (Å²) in [6, 6.07) is 0. The van der Waals surface area contributed by atoms with Gasteiger partial charge >= 0.3 is 0 Å². The first kappa shape index (κ1) is 18.4. The minimum atomic E-state index is -1.11. The molecule has 9 heteroatoms. The number of aryl methyl sites for hydroxylation is 1. The average molecular weight is 378 g/mol. The van der Waals surface area contributed by atoms with Crippen molar-refractivity contribution in [3.8, 4) is 5.75 Å². The van der Waals surface area contributed by atoms with Gasteiger partial charge in [-0.1, -0.05) is 11.6 Å². The van der Waals surface area contributed by atoms with Gasteiger partial charge in [-0.05, 0) is 13.8 Å². The fraction of sp³-hybridized carbons (Fsp3) is 0.353. The van der Waals surface area contributed by atoms with Gasteiger partial charge in [0.25, 0.3) is 0 Å². The van der Waals surface area contributed by atoms with E-state index in [1.807, 2.05) is 13.8 Å². The van der Waals surface area contributed by atoms with Crippen molar-refractivity contribution in [1.82, 2.24) is 19.5 Å². The largest absolute Gasteiger partial charge is 0.496 e. The molecule has 3 rings (SSSR count). The molecule has 0 spiro atoms. The zero-order valence-electron chi connectivity index (χ0n) is 14.7. The highest BCUT2D eigenvalue weighted by Gasteiger charge is 2.21. The summed E-state index contributed by atoms with van der Waals surface area (Å²) >= 11 is 6.21. The number of ether oxygens (including phenoxy) is 1. The van der Waals surface area contributed by atoms with Crippen LogP contribution in [0.2, 0.25) is 5.15 Å². The molecule has 138 valence electrons. The minimum Gasteiger partial charge on any atom is -0.496 e. The lowest BCUT2D eigenvalue weighted by Crippen LogP contribution is -2.07. The Bertz CT molecular complexity index is 973. The molecule has 0 radical (unpaired) electrons. The van der Waals surface area contributed by atoms with Gasteiger partial charge in [0, 0.05) is 29.1 Å². The van der Waals surface area contributed by atoms with Crippen LogP contribution in [0.15, 0.2) is 12.4 Å². The van der Waals surface area contributed by atoms with Gasteiger partial charge in [-0.3, -0.25) is 4.98 Å². The number of nitrogens with two attached hydrogens (primary N) is 1. The van der Waals surface area contributed by atoms with Gasteiger partial charge in [0.15, 0.2) is 0 Å². The molecule has 1 atom stereocenters. The van der Waals surface area contributed by atoms with Gasteiger partial charge in [0.05, 0.1) is 31.3 Å². The van der Waals surface area contributed by atoms with Crippen molar-refractivity contribution in [3.63, 3.8) is 0 Å². The van der Waals surface area contributed by atoms with E-state index in [-0.39, 0.29) is 11.1 Å². The monoisotopic (exact) mass is 377 g/mol. The van der Waals surface area contributed by atoms with E-state index in [2.05, 4.69) is 15.0 Å². The molecule has 0 amide bonds. The third-order valence-corrected chi connectivity index (χ3v) is 4.59. The maximum absolute atomic E-state index is 10.1. The van der Waals surface area contributed by atoms with Gasteiger partial charge in [-0.2, -0.15) is 4.98 Å². The first-order chi connectivity index (χ1) is 12.4. The maximum Gasteiger partial charge on any atom is 0.223 e. The van der Waals surface area contributed by atoms with Gasteiger partial charge in [-0.25, -0.2) is 4.98 Å². The van der Waals surface area contributed by atoms with Crippen LogP contribution in [0.4, 0.5) is 5.95 Å². The van der Waals surface area contributed by atoms with Crippen molar-refractivity contribution in [1.29, 1.82) is 0 Å². The highest BCUT2D eigenvalue weighted by atomic mass is 35.5. The quantitative estimate of drug-likeness (QED) is 0.579. The number of methoxy groups -OCH3 is 1. The second-order valence-corrected chi connectivity index (χ2v) is 6.39. The molecule has 26 heavy (non-hydrogen) atoms. The number of rotatable bonds is 5. The molecule has 0 bridgehead atoms. The predicted molar refractivity (Wildman–Crippen MR) is 98.4 cm³/mol. The number of pyridine rings is 1. The van der Waals surface area contributed by atoms with Crippen molar-refractivity contribution < 1.29 is 14.9 Å². The van der Waals surface area contributed by atoms with E-state index in [1.165, 1.54) is 0 Å². The zero-order valence-corrected chi connectivity index (χ0v) is 15.4. The first-order valence-corrected chi connectivity index (χ1v) is 8.34. The smallest absolute Gasteiger partial charge is 0.223 e. The Morgan fingerprint density at radius 1 is 1.35 bits per heavy atom. The number of nitrogens with zero attached hydrogens (tertiary/aromatic N) is 4. The number of anilines is 1. The molecule has 4 N–H and O–H groups in total. The van der Waals surface area contributed by atoms with Crippen LogP contribution in [-0.2, 0) is 6.54 Å². The fourth-order valence-electron chi connectivity index (χ4n) is 3.05. The van der Waals surface area contributed by atoms with Crippen LogP contribution in [0.25, 0.3) is 11.0 Å². The summed E-state index contributed by atoms with van der Waals surface area (Å²) in [6.45, 7) is 3.77. The molecule has 0 saturated heterocycles. The van der Waals surface area contributed by atoms with Crippen LogP contribution in [0, 0.1) is 13.8 Å². The number of fused-ring (bicyclic) bond motifs is 1. The molecule has 0 fully saturated rings. The molecule has 8 nitrogen and oxygen atoms in total. The predicted octanol–water partition coefficient (Wildman–Crippen LogP) is 1.76. The minimum absolute atomic E-state index is 0.0260. The van der Waals surface area contributed by atoms with Crippen LogP contribution in [0.1, 0.15) is 28.5 Å². The Hall–Kier alpha value is -2.42. The second kappa shape index (κ2) is 7.06. The maximum atomic E-state index is 10.1. The number of hydrogen-bond acceptors (Lipinski definition) is 7. The Morgan fingerprint density at radius 2 is 2.08 bits per heavy atom. The lowest BCUT2D eigenvalue weighted by molar-refractivity contribution is 0.0966. The standard InChI is InChI=1S/C17H20ClN5O3/c1-8-4-20-11(9(2)14(8)26-3)6-23-5-10(12(25)7-24)13-15(18)21-17(19)22-16(13)23/h4-5,12,24-25H,6-7H2,1-3H3,(H2,19,21,22)/t12-/m1/s1. The Morgan fingerprint density at radius 3 is 2.73 bits per heavy atom. The summed E-state index contributed by atoms with van der Waals surface area (Å²) in [6.07, 6.45) is 2.32. The summed E-state index contributed by atoms with van der Waals surface area (Å²) in [5.74, 6) is 0.798. The van der Waals surface area contributed by atoms with Crippen LogP contribution >= 0.6 is 11.6 Å². The van der Waals surface area contributed by atoms with Crippen LogP contribution in [-0.4, -0.2) is 43.4 Å². The number of aromatic nitrogens is 4. The van der Waals surface area contributed by atoms with Gasteiger partial charge in [0.1, 0.15) is 22.7 Å². The molecule has 3 heterocycles. The summed E-state index contributed by atoms with van der Waals surface area (Å²) in [5, 5.41) is 20.1. The summed E-state index contributed by atoms with van der Waals surface area (Å²) in [5.41, 5.74) is 9.26. The Balaban J connectivity index is 2.17. The molecule has 0 unspecified atom stereocenters. The van der Waals surface area contributed by atoms with Crippen LogP contribution in [0.3, 0.4) is 0 Å². The summed E-state index contributed by atoms with van der Waals surface area (Å²) in [7, 11) is 1.62. The highest BCUT2D eigenvalue weighted by molar-refractivity contribution is 6.34. The lowest BCUT2D eigenvalue weighted by atomic mass is 10.1. The third kappa shape index (κ3) is 3.07. The van der Waals surface area contributed by atoms with E-state index in [0.717, 1.165) is 22.6 Å². The van der Waals surface area contributed by atoms with Crippen molar-refractivity contribution >= 4 is 28.6 Å². The van der Waals surface area contributed by atoms with Crippen molar-refractivity contribution in [2.75, 3.05) is 19.5 Å². The highest BCUT2D eigenvalue weighted by Crippen LogP contribution is 2.32. The van der Waals surface area contributed by atoms with Crippen molar-refractivity contribution in [2.45, 2.75) is 26.5 Å². The number of aliphatic hydroxyl groups is 2. The zero-order chi connectivity index (χ0) is 19.0. The van der Waals surface area contributed by atoms with Crippen molar-refractivity contribution in [2.24, 2.45) is 0 Å². The number of hydrogen-bond donors (Lipinski definition) is 3. The summed E-state index contributed by atoms with van der Waals surface area (Å²) < 4.78 is 7.23. The Kier molecular flexibility index (Phi) is 4.99. The Labute approximate surface area is 155 Å². The van der Waals surface area contributed by atoms with Gasteiger partial charge < -0.3 is 25.3 Å². The summed E-state index contributed by atoms with van der Waals surface area (Å²) in [4.78, 5) is 12.7.